The number of hydrogen-bond acceptors (Lipinski definition) is 8. The molecule has 0 unspecified atom stereocenters. The van der Waals surface area contributed by atoms with Gasteiger partial charge in [-0.25, -0.2) is 0 Å². The van der Waals surface area contributed by atoms with Crippen LogP contribution < -0.4 is 19.5 Å². The molecular weight excluding hydrogens is 412 g/mol. The number of aromatic nitrogens is 3. The predicted molar refractivity (Wildman–Crippen MR) is 111 cm³/mol. The van der Waals surface area contributed by atoms with E-state index in [1.54, 1.807) is 12.1 Å². The molecule has 0 fully saturated rings. The van der Waals surface area contributed by atoms with Crippen LogP contribution in [0.4, 0.5) is 5.69 Å². The van der Waals surface area contributed by atoms with Gasteiger partial charge in [-0.1, -0.05) is 47.6 Å². The fourth-order valence-corrected chi connectivity index (χ4v) is 3.88. The summed E-state index contributed by atoms with van der Waals surface area (Å²) in [5, 5.41) is 13.0. The number of rotatable bonds is 4. The summed E-state index contributed by atoms with van der Waals surface area (Å²) >= 11 is 7.96. The van der Waals surface area contributed by atoms with Crippen LogP contribution in [0.5, 0.6) is 17.4 Å². The molecule has 0 bridgehead atoms. The first kappa shape index (κ1) is 18.1. The van der Waals surface area contributed by atoms with E-state index in [4.69, 9.17) is 25.8 Å². The predicted octanol–water partition coefficient (Wildman–Crippen LogP) is 4.70. The standard InChI is InChI=1S/C20H15ClN4O3S/c1-2-7-29-20-23-19-17(24-25-20)11-5-3-4-6-14(11)22-18(28-19)12-8-15-16(9-13(12)21)27-10-26-15/h2-6,8-9,18,22H,1,7,10H2/t18-/m1/s1. The van der Waals surface area contributed by atoms with Crippen LogP contribution in [-0.2, 0) is 0 Å². The summed E-state index contributed by atoms with van der Waals surface area (Å²) in [5.41, 5.74) is 2.96. The van der Waals surface area contributed by atoms with Crippen molar-refractivity contribution in [1.82, 2.24) is 15.2 Å². The van der Waals surface area contributed by atoms with E-state index >= 15 is 0 Å². The number of thioether (sulfide) groups is 1. The molecule has 0 radical (unpaired) electrons. The zero-order chi connectivity index (χ0) is 19.8. The zero-order valence-electron chi connectivity index (χ0n) is 15.1. The van der Waals surface area contributed by atoms with Crippen molar-refractivity contribution in [2.75, 3.05) is 17.9 Å². The molecule has 7 nitrogen and oxygen atoms in total. The summed E-state index contributed by atoms with van der Waals surface area (Å²) in [5.74, 6) is 2.28. The van der Waals surface area contributed by atoms with Crippen molar-refractivity contribution in [3.05, 3.63) is 59.6 Å². The zero-order valence-corrected chi connectivity index (χ0v) is 16.7. The normalized spacial score (nSPS) is 16.1. The van der Waals surface area contributed by atoms with Crippen molar-refractivity contribution in [1.29, 1.82) is 0 Å². The summed E-state index contributed by atoms with van der Waals surface area (Å²) in [4.78, 5) is 4.57. The van der Waals surface area contributed by atoms with Crippen molar-refractivity contribution in [2.24, 2.45) is 0 Å². The summed E-state index contributed by atoms with van der Waals surface area (Å²) in [6, 6.07) is 11.3. The third-order valence-electron chi connectivity index (χ3n) is 4.44. The molecule has 1 N–H and O–H groups in total. The smallest absolute Gasteiger partial charge is 0.247 e. The fourth-order valence-electron chi connectivity index (χ4n) is 3.12. The van der Waals surface area contributed by atoms with Crippen LogP contribution in [0, 0.1) is 0 Å². The van der Waals surface area contributed by atoms with Crippen LogP contribution in [0.2, 0.25) is 5.02 Å². The highest BCUT2D eigenvalue weighted by Crippen LogP contribution is 2.44. The first-order valence-electron chi connectivity index (χ1n) is 8.83. The van der Waals surface area contributed by atoms with Gasteiger partial charge in [-0.05, 0) is 12.1 Å². The molecule has 2 aromatic carbocycles. The van der Waals surface area contributed by atoms with E-state index in [-0.39, 0.29) is 6.79 Å². The molecule has 2 aliphatic rings. The lowest BCUT2D eigenvalue weighted by Crippen LogP contribution is -2.17. The Bertz CT molecular complexity index is 1110. The number of hydrogen-bond donors (Lipinski definition) is 1. The maximum Gasteiger partial charge on any atom is 0.247 e. The maximum absolute atomic E-state index is 6.53. The summed E-state index contributed by atoms with van der Waals surface area (Å²) in [6.45, 7) is 3.89. The molecule has 0 saturated heterocycles. The van der Waals surface area contributed by atoms with E-state index in [2.05, 4.69) is 27.1 Å². The lowest BCUT2D eigenvalue weighted by Gasteiger charge is -2.20. The Morgan fingerprint density at radius 1 is 1.21 bits per heavy atom. The molecular formula is C20H15ClN4O3S. The lowest BCUT2D eigenvalue weighted by molar-refractivity contribution is 0.173. The molecule has 5 rings (SSSR count). The van der Waals surface area contributed by atoms with Crippen LogP contribution in [0.25, 0.3) is 11.3 Å². The Kier molecular flexibility index (Phi) is 4.65. The first-order chi connectivity index (χ1) is 14.2. The largest absolute Gasteiger partial charge is 0.454 e. The van der Waals surface area contributed by atoms with E-state index in [0.717, 1.165) is 11.3 Å². The van der Waals surface area contributed by atoms with Crippen molar-refractivity contribution in [2.45, 2.75) is 11.4 Å². The van der Waals surface area contributed by atoms with Crippen molar-refractivity contribution < 1.29 is 14.2 Å². The van der Waals surface area contributed by atoms with Crippen molar-refractivity contribution in [3.63, 3.8) is 0 Å². The van der Waals surface area contributed by atoms with Gasteiger partial charge in [0.25, 0.3) is 0 Å². The second-order valence-electron chi connectivity index (χ2n) is 6.26. The Morgan fingerprint density at radius 3 is 2.90 bits per heavy atom. The topological polar surface area (TPSA) is 78.4 Å². The molecule has 0 aliphatic carbocycles. The molecule has 0 amide bonds. The molecule has 29 heavy (non-hydrogen) atoms. The van der Waals surface area contributed by atoms with Gasteiger partial charge < -0.3 is 19.5 Å². The van der Waals surface area contributed by atoms with Gasteiger partial charge in [0.15, 0.2) is 23.4 Å². The number of anilines is 1. The molecule has 2 aliphatic heterocycles. The molecule has 146 valence electrons. The highest BCUT2D eigenvalue weighted by molar-refractivity contribution is 7.99. The SMILES string of the molecule is C=CCSc1nnc2c(n1)O[C@H](c1cc3c(cc1Cl)OCO3)Nc1ccccc1-2. The van der Waals surface area contributed by atoms with Gasteiger partial charge in [-0.15, -0.1) is 16.8 Å². The number of nitrogens with zero attached hydrogens (tertiary/aromatic N) is 3. The van der Waals surface area contributed by atoms with Gasteiger partial charge >= 0.3 is 0 Å². The van der Waals surface area contributed by atoms with Crippen LogP contribution in [0.1, 0.15) is 11.8 Å². The number of nitrogens with one attached hydrogen (secondary N) is 1. The molecule has 0 saturated carbocycles. The monoisotopic (exact) mass is 426 g/mol. The number of para-hydroxylation sites is 1. The molecule has 9 heteroatoms. The fraction of sp³-hybridized carbons (Fsp3) is 0.150. The summed E-state index contributed by atoms with van der Waals surface area (Å²) in [6.07, 6.45) is 1.18. The van der Waals surface area contributed by atoms with Crippen molar-refractivity contribution in [3.8, 4) is 28.6 Å². The minimum Gasteiger partial charge on any atom is -0.454 e. The molecule has 0 spiro atoms. The summed E-state index contributed by atoms with van der Waals surface area (Å²) in [7, 11) is 0. The minimum absolute atomic E-state index is 0.167. The first-order valence-corrected chi connectivity index (χ1v) is 10.2. The second kappa shape index (κ2) is 7.46. The molecule has 3 heterocycles. The third kappa shape index (κ3) is 3.34. The second-order valence-corrected chi connectivity index (χ2v) is 7.66. The summed E-state index contributed by atoms with van der Waals surface area (Å²) < 4.78 is 17.1. The molecule has 1 aromatic heterocycles. The Labute approximate surface area is 176 Å². The average molecular weight is 427 g/mol. The number of fused-ring (bicyclic) bond motifs is 4. The maximum atomic E-state index is 6.53. The van der Waals surface area contributed by atoms with E-state index in [1.807, 2.05) is 30.3 Å². The van der Waals surface area contributed by atoms with Gasteiger partial charge in [-0.2, -0.15) is 4.98 Å². The molecule has 3 aromatic rings. The van der Waals surface area contributed by atoms with E-state index in [9.17, 15) is 0 Å². The van der Waals surface area contributed by atoms with Crippen LogP contribution in [-0.4, -0.2) is 27.7 Å². The van der Waals surface area contributed by atoms with E-state index in [1.165, 1.54) is 11.8 Å². The van der Waals surface area contributed by atoms with Gasteiger partial charge in [0.1, 0.15) is 0 Å². The van der Waals surface area contributed by atoms with Gasteiger partial charge in [0, 0.05) is 28.6 Å². The van der Waals surface area contributed by atoms with Gasteiger partial charge in [-0.3, -0.25) is 0 Å². The number of benzene rings is 2. The number of ether oxygens (including phenoxy) is 3. The Balaban J connectivity index is 1.61. The van der Waals surface area contributed by atoms with E-state index in [0.29, 0.717) is 44.6 Å². The van der Waals surface area contributed by atoms with Crippen molar-refractivity contribution >= 4 is 29.1 Å². The average Bonchev–Trinajstić information content (AvgIpc) is 3.12. The van der Waals surface area contributed by atoms with Gasteiger partial charge in [0.05, 0.1) is 5.02 Å². The quantitative estimate of drug-likeness (QED) is 0.475. The number of halogens is 1. The van der Waals surface area contributed by atoms with Crippen LogP contribution in [0.3, 0.4) is 0 Å². The van der Waals surface area contributed by atoms with Crippen LogP contribution in [0.15, 0.2) is 54.2 Å². The highest BCUT2D eigenvalue weighted by atomic mass is 35.5. The third-order valence-corrected chi connectivity index (χ3v) is 5.60. The minimum atomic E-state index is -0.603. The van der Waals surface area contributed by atoms with Gasteiger partial charge in [0.2, 0.25) is 17.8 Å². The lowest BCUT2D eigenvalue weighted by atomic mass is 10.1. The Hall–Kier alpha value is -2.97. The van der Waals surface area contributed by atoms with E-state index < -0.39 is 6.23 Å². The van der Waals surface area contributed by atoms with Crippen LogP contribution >= 0.6 is 23.4 Å². The Morgan fingerprint density at radius 2 is 2.03 bits per heavy atom. The highest BCUT2D eigenvalue weighted by Gasteiger charge is 2.29. The molecule has 1 atom stereocenters.